The first kappa shape index (κ1) is 20.7. The van der Waals surface area contributed by atoms with E-state index in [-0.39, 0.29) is 23.8 Å². The number of nitrogens with zero attached hydrogens (tertiary/aromatic N) is 3. The molecule has 0 saturated carbocycles. The molecule has 6 nitrogen and oxygen atoms in total. The Kier molecular flexibility index (Phi) is 7.05. The molecule has 1 amide bonds. The number of likely N-dealkylation sites (N-methyl/N-ethyl adjacent to an activating group) is 1. The number of amides is 1. The number of hydrogen-bond acceptors (Lipinski definition) is 4. The van der Waals surface area contributed by atoms with E-state index < -0.39 is 17.8 Å². The molecule has 1 atom stereocenters. The second kappa shape index (κ2) is 8.85. The molecule has 1 saturated heterocycles. The molecule has 0 bridgehead atoms. The number of carbonyl (C=O) groups excluding carboxylic acids is 1. The van der Waals surface area contributed by atoms with E-state index in [1.165, 1.54) is 11.6 Å². The fraction of sp³-hybridized carbons (Fsp3) is 0.765. The number of hydrogen-bond donors (Lipinski definition) is 1. The van der Waals surface area contributed by atoms with Gasteiger partial charge in [0, 0.05) is 31.5 Å². The molecule has 26 heavy (non-hydrogen) atoms. The van der Waals surface area contributed by atoms with Crippen molar-refractivity contribution in [3.63, 3.8) is 0 Å². The largest absolute Gasteiger partial charge is 0.435 e. The Morgan fingerprint density at radius 1 is 1.42 bits per heavy atom. The molecule has 1 fully saturated rings. The molecule has 1 aromatic heterocycles. The van der Waals surface area contributed by atoms with Crippen molar-refractivity contribution in [1.29, 1.82) is 0 Å². The fourth-order valence-electron chi connectivity index (χ4n) is 3.21. The highest BCUT2D eigenvalue weighted by Gasteiger charge is 2.41. The average Bonchev–Trinajstić information content (AvgIpc) is 3.11. The van der Waals surface area contributed by atoms with E-state index in [0.717, 1.165) is 19.4 Å². The zero-order chi connectivity index (χ0) is 19.3. The number of nitrogens with one attached hydrogen (secondary N) is 1. The minimum atomic E-state index is -4.67. The maximum Gasteiger partial charge on any atom is 0.435 e. The monoisotopic (exact) mass is 376 g/mol. The Hall–Kier alpha value is -1.61. The Bertz CT molecular complexity index is 616. The fourth-order valence-corrected chi connectivity index (χ4v) is 3.21. The normalized spacial score (nSPS) is 18.5. The lowest BCUT2D eigenvalue weighted by Crippen LogP contribution is -2.30. The minimum Gasteiger partial charge on any atom is -0.382 e. The van der Waals surface area contributed by atoms with Crippen LogP contribution in [0.3, 0.4) is 0 Å². The van der Waals surface area contributed by atoms with Crippen molar-refractivity contribution < 1.29 is 22.7 Å². The number of ether oxygens (including phenoxy) is 1. The lowest BCUT2D eigenvalue weighted by molar-refractivity contribution is -0.141. The summed E-state index contributed by atoms with van der Waals surface area (Å²) in [5.41, 5.74) is -1.24. The topological polar surface area (TPSA) is 59.4 Å². The van der Waals surface area contributed by atoms with Gasteiger partial charge in [0.15, 0.2) is 5.69 Å². The summed E-state index contributed by atoms with van der Waals surface area (Å²) in [4.78, 5) is 14.5. The first-order valence-electron chi connectivity index (χ1n) is 8.96. The van der Waals surface area contributed by atoms with Crippen LogP contribution in [-0.4, -0.2) is 60.0 Å². The first-order chi connectivity index (χ1) is 12.3. The zero-order valence-corrected chi connectivity index (χ0v) is 15.5. The van der Waals surface area contributed by atoms with Gasteiger partial charge in [-0.1, -0.05) is 0 Å². The molecule has 1 aromatic rings. The van der Waals surface area contributed by atoms with Crippen molar-refractivity contribution in [2.45, 2.75) is 51.9 Å². The van der Waals surface area contributed by atoms with E-state index in [0.29, 0.717) is 26.2 Å². The SMILES string of the molecule is CCOCCCNC(=O)c1c(C(F)(F)F)nn(CC2CCCN2C)c1C. The molecule has 9 heteroatoms. The summed E-state index contributed by atoms with van der Waals surface area (Å²) in [5, 5.41) is 6.28. The van der Waals surface area contributed by atoms with Gasteiger partial charge >= 0.3 is 6.18 Å². The summed E-state index contributed by atoms with van der Waals surface area (Å²) in [6.07, 6.45) is -2.20. The van der Waals surface area contributed by atoms with E-state index >= 15 is 0 Å². The van der Waals surface area contributed by atoms with Crippen molar-refractivity contribution in [3.05, 3.63) is 17.0 Å². The van der Waals surface area contributed by atoms with Crippen LogP contribution in [0.15, 0.2) is 0 Å². The van der Waals surface area contributed by atoms with Crippen LogP contribution < -0.4 is 5.32 Å². The van der Waals surface area contributed by atoms with Crippen LogP contribution in [0.1, 0.15) is 47.9 Å². The van der Waals surface area contributed by atoms with Gasteiger partial charge in [0.05, 0.1) is 12.1 Å². The molecule has 1 aliphatic rings. The van der Waals surface area contributed by atoms with Crippen molar-refractivity contribution >= 4 is 5.91 Å². The molecule has 0 spiro atoms. The lowest BCUT2D eigenvalue weighted by atomic mass is 10.1. The number of likely N-dealkylation sites (tertiary alicyclic amines) is 1. The van der Waals surface area contributed by atoms with E-state index in [9.17, 15) is 18.0 Å². The number of halogens is 3. The van der Waals surface area contributed by atoms with Gasteiger partial charge < -0.3 is 15.0 Å². The first-order valence-corrected chi connectivity index (χ1v) is 8.96. The third-order valence-corrected chi connectivity index (χ3v) is 4.71. The second-order valence-corrected chi connectivity index (χ2v) is 6.57. The molecule has 1 unspecified atom stereocenters. The van der Waals surface area contributed by atoms with E-state index in [2.05, 4.69) is 15.3 Å². The van der Waals surface area contributed by atoms with E-state index in [4.69, 9.17) is 4.74 Å². The highest BCUT2D eigenvalue weighted by Crippen LogP contribution is 2.33. The van der Waals surface area contributed by atoms with E-state index in [1.807, 2.05) is 14.0 Å². The third kappa shape index (κ3) is 4.97. The second-order valence-electron chi connectivity index (χ2n) is 6.57. The average molecular weight is 376 g/mol. The molecule has 1 aliphatic heterocycles. The zero-order valence-electron chi connectivity index (χ0n) is 15.5. The molecule has 1 N–H and O–H groups in total. The summed E-state index contributed by atoms with van der Waals surface area (Å²) >= 11 is 0. The Labute approximate surface area is 151 Å². The van der Waals surface area contributed by atoms with Gasteiger partial charge in [-0.2, -0.15) is 18.3 Å². The summed E-state index contributed by atoms with van der Waals surface area (Å²) < 4.78 is 46.7. The van der Waals surface area contributed by atoms with Gasteiger partial charge in [-0.25, -0.2) is 0 Å². The van der Waals surface area contributed by atoms with Gasteiger partial charge in [0.1, 0.15) is 0 Å². The predicted molar refractivity (Wildman–Crippen MR) is 91.1 cm³/mol. The van der Waals surface area contributed by atoms with Crippen LogP contribution in [0.4, 0.5) is 13.2 Å². The van der Waals surface area contributed by atoms with Crippen molar-refractivity contribution in [3.8, 4) is 0 Å². The Morgan fingerprint density at radius 3 is 2.73 bits per heavy atom. The highest BCUT2D eigenvalue weighted by molar-refractivity contribution is 5.96. The summed E-state index contributed by atoms with van der Waals surface area (Å²) in [6, 6.07) is 0.136. The summed E-state index contributed by atoms with van der Waals surface area (Å²) in [7, 11) is 1.95. The molecular weight excluding hydrogens is 349 g/mol. The van der Waals surface area contributed by atoms with Gasteiger partial charge in [0.25, 0.3) is 5.91 Å². The number of carbonyl (C=O) groups is 1. The van der Waals surface area contributed by atoms with Gasteiger partial charge in [-0.05, 0) is 46.7 Å². The molecule has 0 aliphatic carbocycles. The smallest absolute Gasteiger partial charge is 0.382 e. The van der Waals surface area contributed by atoms with Crippen LogP contribution in [0.2, 0.25) is 0 Å². The van der Waals surface area contributed by atoms with Crippen LogP contribution >= 0.6 is 0 Å². The summed E-state index contributed by atoms with van der Waals surface area (Å²) in [6.45, 7) is 5.92. The standard InChI is InChI=1S/C17H27F3N4O2/c1-4-26-10-6-8-21-16(25)14-12(2)24(22-15(14)17(18,19)20)11-13-7-5-9-23(13)3/h13H,4-11H2,1-3H3,(H,21,25). The van der Waals surface area contributed by atoms with Crippen LogP contribution in [-0.2, 0) is 17.5 Å². The number of alkyl halides is 3. The van der Waals surface area contributed by atoms with Crippen molar-refractivity contribution in [2.24, 2.45) is 0 Å². The maximum atomic E-state index is 13.4. The van der Waals surface area contributed by atoms with Crippen LogP contribution in [0, 0.1) is 6.92 Å². The molecule has 2 rings (SSSR count). The molecular formula is C17H27F3N4O2. The van der Waals surface area contributed by atoms with E-state index in [1.54, 1.807) is 0 Å². The van der Waals surface area contributed by atoms with Gasteiger partial charge in [-0.15, -0.1) is 0 Å². The molecule has 0 aromatic carbocycles. The number of aromatic nitrogens is 2. The lowest BCUT2D eigenvalue weighted by Gasteiger charge is -2.20. The van der Waals surface area contributed by atoms with Crippen molar-refractivity contribution in [1.82, 2.24) is 20.0 Å². The molecule has 148 valence electrons. The summed E-state index contributed by atoms with van der Waals surface area (Å²) in [5.74, 6) is -0.739. The van der Waals surface area contributed by atoms with Gasteiger partial charge in [0.2, 0.25) is 0 Å². The third-order valence-electron chi connectivity index (χ3n) is 4.71. The molecule has 0 radical (unpaired) electrons. The maximum absolute atomic E-state index is 13.4. The quantitative estimate of drug-likeness (QED) is 0.708. The number of rotatable bonds is 8. The Balaban J connectivity index is 2.16. The van der Waals surface area contributed by atoms with Crippen molar-refractivity contribution in [2.75, 3.05) is 33.4 Å². The highest BCUT2D eigenvalue weighted by atomic mass is 19.4. The molecule has 2 heterocycles. The van der Waals surface area contributed by atoms with Gasteiger partial charge in [-0.3, -0.25) is 9.48 Å². The Morgan fingerprint density at radius 2 is 2.15 bits per heavy atom. The van der Waals surface area contributed by atoms with Crippen LogP contribution in [0.25, 0.3) is 0 Å². The minimum absolute atomic E-state index is 0.136. The predicted octanol–water partition coefficient (Wildman–Crippen LogP) is 2.46. The van der Waals surface area contributed by atoms with Crippen LogP contribution in [0.5, 0.6) is 0 Å².